The van der Waals surface area contributed by atoms with Gasteiger partial charge in [-0.3, -0.25) is 19.4 Å². The van der Waals surface area contributed by atoms with Crippen LogP contribution in [0.5, 0.6) is 0 Å². The average Bonchev–Trinajstić information content (AvgIpc) is 3.32. The molecule has 9 heteroatoms. The van der Waals surface area contributed by atoms with Gasteiger partial charge in [-0.05, 0) is 54.7 Å². The van der Waals surface area contributed by atoms with E-state index in [-0.39, 0.29) is 24.1 Å². The van der Waals surface area contributed by atoms with Gasteiger partial charge in [-0.1, -0.05) is 80.2 Å². The van der Waals surface area contributed by atoms with Crippen LogP contribution < -0.4 is 10.6 Å². The highest BCUT2D eigenvalue weighted by molar-refractivity contribution is 8.15. The number of hydrogen-bond acceptors (Lipinski definition) is 6. The fraction of sp³-hybridized carbons (Fsp3) is 0.281. The Morgan fingerprint density at radius 3 is 2.41 bits per heavy atom. The Hall–Kier alpha value is -4.24. The molecule has 0 aliphatic carbocycles. The summed E-state index contributed by atoms with van der Waals surface area (Å²) in [6.07, 6.45) is 2.11. The van der Waals surface area contributed by atoms with Crippen LogP contribution in [0.4, 0.5) is 11.4 Å². The van der Waals surface area contributed by atoms with Gasteiger partial charge in [-0.15, -0.1) is 0 Å². The summed E-state index contributed by atoms with van der Waals surface area (Å²) in [6.45, 7) is 4.49. The molecule has 2 heterocycles. The van der Waals surface area contributed by atoms with Crippen LogP contribution in [-0.4, -0.2) is 51.5 Å². The molecule has 5 rings (SSSR count). The third-order valence-electron chi connectivity index (χ3n) is 7.05. The van der Waals surface area contributed by atoms with Gasteiger partial charge < -0.3 is 10.6 Å². The number of amidine groups is 2. The average molecular weight is 568 g/mol. The van der Waals surface area contributed by atoms with Crippen LogP contribution in [-0.2, 0) is 27.2 Å². The van der Waals surface area contributed by atoms with Crippen LogP contribution in [0.25, 0.3) is 0 Å². The van der Waals surface area contributed by atoms with Gasteiger partial charge in [0.15, 0.2) is 5.17 Å². The number of rotatable bonds is 10. The molecule has 2 atom stereocenters. The highest BCUT2D eigenvalue weighted by Gasteiger charge is 2.43. The van der Waals surface area contributed by atoms with E-state index in [0.29, 0.717) is 36.1 Å². The van der Waals surface area contributed by atoms with Crippen LogP contribution in [0.1, 0.15) is 43.4 Å². The third-order valence-corrected chi connectivity index (χ3v) is 8.36. The molecule has 210 valence electrons. The highest BCUT2D eigenvalue weighted by atomic mass is 32.2. The number of aryl methyl sites for hydroxylation is 1. The fourth-order valence-electron chi connectivity index (χ4n) is 4.75. The SMILES string of the molecule is CCc1ccc(NC(=O)[C@H](CC)SC2=Nc3ccccc3C3=N[C@H](CC(=O)NCCc4ccccc4)C(=O)N23)cc1. The van der Waals surface area contributed by atoms with Gasteiger partial charge in [0.25, 0.3) is 5.91 Å². The predicted molar refractivity (Wildman–Crippen MR) is 165 cm³/mol. The third kappa shape index (κ3) is 6.57. The first kappa shape index (κ1) is 28.3. The molecular formula is C32H33N5O3S. The number of thioether (sulfide) groups is 1. The van der Waals surface area contributed by atoms with Crippen molar-refractivity contribution in [2.75, 3.05) is 11.9 Å². The summed E-state index contributed by atoms with van der Waals surface area (Å²) >= 11 is 1.24. The van der Waals surface area contributed by atoms with Gasteiger partial charge in [0, 0.05) is 17.8 Å². The lowest BCUT2D eigenvalue weighted by Gasteiger charge is -2.27. The number of benzene rings is 3. The monoisotopic (exact) mass is 567 g/mol. The molecule has 0 aromatic heterocycles. The summed E-state index contributed by atoms with van der Waals surface area (Å²) in [5.74, 6) is -0.245. The lowest BCUT2D eigenvalue weighted by Crippen LogP contribution is -2.43. The van der Waals surface area contributed by atoms with Crippen molar-refractivity contribution in [1.29, 1.82) is 0 Å². The first-order valence-electron chi connectivity index (χ1n) is 13.9. The quantitative estimate of drug-likeness (QED) is 0.356. The number of carbonyl (C=O) groups is 3. The van der Waals surface area contributed by atoms with Crippen molar-refractivity contribution >= 4 is 51.9 Å². The number of hydrogen-bond donors (Lipinski definition) is 2. The minimum atomic E-state index is -0.857. The van der Waals surface area contributed by atoms with E-state index in [1.807, 2.05) is 85.8 Å². The first-order chi connectivity index (χ1) is 20.0. The van der Waals surface area contributed by atoms with E-state index < -0.39 is 11.3 Å². The zero-order valence-electron chi connectivity index (χ0n) is 23.2. The normalized spacial score (nSPS) is 16.3. The molecule has 8 nitrogen and oxygen atoms in total. The van der Waals surface area contributed by atoms with Crippen molar-refractivity contribution in [2.45, 2.75) is 50.8 Å². The van der Waals surface area contributed by atoms with Crippen molar-refractivity contribution in [3.05, 3.63) is 95.6 Å². The molecule has 3 amide bonds. The topological polar surface area (TPSA) is 103 Å². The van der Waals surface area contributed by atoms with Crippen molar-refractivity contribution in [3.63, 3.8) is 0 Å². The molecule has 0 saturated carbocycles. The molecule has 0 radical (unpaired) electrons. The van der Waals surface area contributed by atoms with E-state index in [0.717, 1.165) is 23.2 Å². The number of amides is 3. The second kappa shape index (κ2) is 13.0. The zero-order valence-corrected chi connectivity index (χ0v) is 24.0. The Morgan fingerprint density at radius 1 is 0.951 bits per heavy atom. The Bertz CT molecular complexity index is 1490. The summed E-state index contributed by atoms with van der Waals surface area (Å²) in [6, 6.07) is 24.3. The zero-order chi connectivity index (χ0) is 28.8. The Morgan fingerprint density at radius 2 is 1.68 bits per heavy atom. The van der Waals surface area contributed by atoms with Crippen LogP contribution in [0.2, 0.25) is 0 Å². The number of aliphatic imine (C=N–C) groups is 2. The smallest absolute Gasteiger partial charge is 0.259 e. The van der Waals surface area contributed by atoms with Crippen LogP contribution >= 0.6 is 11.8 Å². The molecule has 0 bridgehead atoms. The number of para-hydroxylation sites is 1. The minimum Gasteiger partial charge on any atom is -0.356 e. The van der Waals surface area contributed by atoms with Gasteiger partial charge in [-0.2, -0.15) is 0 Å². The number of anilines is 1. The summed E-state index contributed by atoms with van der Waals surface area (Å²) in [5.41, 5.74) is 4.45. The molecule has 2 aliphatic heterocycles. The number of carbonyl (C=O) groups excluding carboxylic acids is 3. The van der Waals surface area contributed by atoms with Crippen molar-refractivity contribution < 1.29 is 14.4 Å². The molecule has 0 spiro atoms. The molecule has 2 N–H and O–H groups in total. The largest absolute Gasteiger partial charge is 0.356 e. The van der Waals surface area contributed by atoms with Crippen LogP contribution in [0, 0.1) is 0 Å². The lowest BCUT2D eigenvalue weighted by atomic mass is 10.1. The Balaban J connectivity index is 1.29. The maximum absolute atomic E-state index is 13.6. The fourth-order valence-corrected chi connectivity index (χ4v) is 5.77. The van der Waals surface area contributed by atoms with Crippen molar-refractivity contribution in [2.24, 2.45) is 9.98 Å². The highest BCUT2D eigenvalue weighted by Crippen LogP contribution is 2.35. The summed E-state index contributed by atoms with van der Waals surface area (Å²) in [7, 11) is 0. The molecule has 3 aromatic carbocycles. The summed E-state index contributed by atoms with van der Waals surface area (Å²) < 4.78 is 0. The van der Waals surface area contributed by atoms with Crippen molar-refractivity contribution in [1.82, 2.24) is 10.2 Å². The van der Waals surface area contributed by atoms with Crippen LogP contribution in [0.15, 0.2) is 88.8 Å². The maximum Gasteiger partial charge on any atom is 0.259 e. The van der Waals surface area contributed by atoms with Gasteiger partial charge in [0.05, 0.1) is 17.4 Å². The maximum atomic E-state index is 13.6. The first-order valence-corrected chi connectivity index (χ1v) is 14.8. The van der Waals surface area contributed by atoms with Gasteiger partial charge >= 0.3 is 0 Å². The minimum absolute atomic E-state index is 0.0564. The van der Waals surface area contributed by atoms with E-state index in [2.05, 4.69) is 22.5 Å². The Kier molecular flexibility index (Phi) is 8.94. The van der Waals surface area contributed by atoms with E-state index in [1.54, 1.807) is 0 Å². The summed E-state index contributed by atoms with van der Waals surface area (Å²) in [4.78, 5) is 50.5. The van der Waals surface area contributed by atoms with Gasteiger partial charge in [0.1, 0.15) is 11.9 Å². The molecule has 0 saturated heterocycles. The molecule has 2 aliphatic rings. The number of nitrogens with zero attached hydrogens (tertiary/aromatic N) is 3. The predicted octanol–water partition coefficient (Wildman–Crippen LogP) is 5.11. The van der Waals surface area contributed by atoms with Gasteiger partial charge in [0.2, 0.25) is 11.8 Å². The molecule has 3 aromatic rings. The van der Waals surface area contributed by atoms with Crippen LogP contribution in [0.3, 0.4) is 0 Å². The van der Waals surface area contributed by atoms with E-state index >= 15 is 0 Å². The molecule has 0 fully saturated rings. The van der Waals surface area contributed by atoms with E-state index in [1.165, 1.54) is 22.2 Å². The Labute approximate surface area is 244 Å². The number of nitrogens with one attached hydrogen (secondary N) is 2. The molecular weight excluding hydrogens is 534 g/mol. The second-order valence-electron chi connectivity index (χ2n) is 9.90. The van der Waals surface area contributed by atoms with E-state index in [4.69, 9.17) is 4.99 Å². The lowest BCUT2D eigenvalue weighted by molar-refractivity contribution is -0.128. The number of fused-ring (bicyclic) bond motifs is 3. The second-order valence-corrected chi connectivity index (χ2v) is 11.1. The molecule has 0 unspecified atom stereocenters. The molecule has 41 heavy (non-hydrogen) atoms. The van der Waals surface area contributed by atoms with Gasteiger partial charge in [-0.25, -0.2) is 9.89 Å². The van der Waals surface area contributed by atoms with E-state index in [9.17, 15) is 14.4 Å². The summed E-state index contributed by atoms with van der Waals surface area (Å²) in [5, 5.41) is 5.80. The standard InChI is InChI=1S/C32H33N5O3S/c1-3-21-14-16-23(17-15-21)34-30(39)27(4-2)41-32-36-25-13-9-8-12-24(25)29-35-26(31(40)37(29)32)20-28(38)33-19-18-22-10-6-5-7-11-22/h5-17,26-27H,3-4,18-20H2,1-2H3,(H,33,38)(H,34,39)/t26-,27+/m1/s1. The van der Waals surface area contributed by atoms with Crippen molar-refractivity contribution in [3.8, 4) is 0 Å².